The first-order chi connectivity index (χ1) is 7.77. The number of likely N-dealkylation sites (tertiary alicyclic amines) is 2. The first-order valence-corrected chi connectivity index (χ1v) is 6.96. The van der Waals surface area contributed by atoms with E-state index in [1.165, 1.54) is 38.5 Å². The van der Waals surface area contributed by atoms with Gasteiger partial charge in [-0.2, -0.15) is 0 Å². The molecule has 0 saturated carbocycles. The molecule has 2 aliphatic rings. The molecule has 0 amide bonds. The van der Waals surface area contributed by atoms with Gasteiger partial charge in [0.25, 0.3) is 0 Å². The van der Waals surface area contributed by atoms with Crippen molar-refractivity contribution in [1.82, 2.24) is 9.80 Å². The zero-order chi connectivity index (χ0) is 11.4. The zero-order valence-electron chi connectivity index (χ0n) is 10.6. The summed E-state index contributed by atoms with van der Waals surface area (Å²) in [5.74, 6) is -1.15. The Hall–Kier alpha value is -0.150. The number of piperidine rings is 2. The minimum absolute atomic E-state index is 0.604. The summed E-state index contributed by atoms with van der Waals surface area (Å²) in [6.45, 7) is 5.77. The predicted molar refractivity (Wildman–Crippen MR) is 65.0 cm³/mol. The second-order valence-corrected chi connectivity index (χ2v) is 5.17. The molecule has 0 aromatic rings. The van der Waals surface area contributed by atoms with Crippen molar-refractivity contribution in [3.8, 4) is 0 Å². The van der Waals surface area contributed by atoms with Crippen molar-refractivity contribution < 1.29 is 4.39 Å². The second kappa shape index (κ2) is 5.46. The van der Waals surface area contributed by atoms with E-state index in [-0.39, 0.29) is 0 Å². The predicted octanol–water partition coefficient (Wildman–Crippen LogP) is 2.99. The number of hydrogen-bond acceptors (Lipinski definition) is 2. The molecule has 2 fully saturated rings. The van der Waals surface area contributed by atoms with Gasteiger partial charge >= 0.3 is 0 Å². The summed E-state index contributed by atoms with van der Waals surface area (Å²) in [6.07, 6.45) is 7.82. The van der Waals surface area contributed by atoms with Crippen LogP contribution in [0.25, 0.3) is 0 Å². The van der Waals surface area contributed by atoms with Gasteiger partial charge in [-0.1, -0.05) is 19.8 Å². The summed E-state index contributed by atoms with van der Waals surface area (Å²) < 4.78 is 15.1. The van der Waals surface area contributed by atoms with Crippen molar-refractivity contribution in [3.63, 3.8) is 0 Å². The van der Waals surface area contributed by atoms with Crippen LogP contribution in [0.2, 0.25) is 0 Å². The number of alkyl halides is 1. The number of halogens is 1. The minimum atomic E-state index is -1.15. The van der Waals surface area contributed by atoms with Crippen molar-refractivity contribution in [3.05, 3.63) is 0 Å². The van der Waals surface area contributed by atoms with Crippen LogP contribution in [-0.2, 0) is 0 Å². The molecule has 0 unspecified atom stereocenters. The molecule has 0 radical (unpaired) electrons. The molecule has 94 valence electrons. The molecule has 2 saturated heterocycles. The fraction of sp³-hybridized carbons (Fsp3) is 1.00. The molecule has 0 N–H and O–H groups in total. The Morgan fingerprint density at radius 1 is 0.812 bits per heavy atom. The van der Waals surface area contributed by atoms with Crippen LogP contribution >= 0.6 is 0 Å². The number of nitrogens with zero attached hydrogens (tertiary/aromatic N) is 2. The first-order valence-electron chi connectivity index (χ1n) is 6.96. The molecule has 3 heteroatoms. The van der Waals surface area contributed by atoms with E-state index in [0.29, 0.717) is 6.42 Å². The molecule has 0 aromatic heterocycles. The van der Waals surface area contributed by atoms with E-state index in [9.17, 15) is 0 Å². The van der Waals surface area contributed by atoms with E-state index in [2.05, 4.69) is 9.80 Å². The fourth-order valence-electron chi connectivity index (χ4n) is 3.12. The molecular formula is C13H25FN2. The lowest BCUT2D eigenvalue weighted by atomic mass is 10.1. The Labute approximate surface area is 98.8 Å². The third kappa shape index (κ3) is 2.40. The van der Waals surface area contributed by atoms with E-state index in [4.69, 9.17) is 0 Å². The highest BCUT2D eigenvalue weighted by atomic mass is 19.2. The molecule has 0 bridgehead atoms. The smallest absolute Gasteiger partial charge is 0.220 e. The van der Waals surface area contributed by atoms with Crippen LogP contribution in [0.1, 0.15) is 51.9 Å². The van der Waals surface area contributed by atoms with Gasteiger partial charge in [-0.05, 0) is 25.7 Å². The van der Waals surface area contributed by atoms with Gasteiger partial charge < -0.3 is 0 Å². The third-order valence-corrected chi connectivity index (χ3v) is 4.13. The molecule has 2 nitrogen and oxygen atoms in total. The largest absolute Gasteiger partial charge is 0.259 e. The third-order valence-electron chi connectivity index (χ3n) is 4.13. The van der Waals surface area contributed by atoms with Crippen molar-refractivity contribution in [2.75, 3.05) is 26.2 Å². The first kappa shape index (κ1) is 12.3. The van der Waals surface area contributed by atoms with Gasteiger partial charge in [0.2, 0.25) is 5.92 Å². The number of hydrogen-bond donors (Lipinski definition) is 0. The van der Waals surface area contributed by atoms with Crippen LogP contribution in [0.15, 0.2) is 0 Å². The summed E-state index contributed by atoms with van der Waals surface area (Å²) >= 11 is 0. The summed E-state index contributed by atoms with van der Waals surface area (Å²) in [5.41, 5.74) is 0. The lowest BCUT2D eigenvalue weighted by Gasteiger charge is -2.47. The molecule has 0 atom stereocenters. The molecule has 0 aliphatic carbocycles. The topological polar surface area (TPSA) is 6.48 Å². The molecule has 0 spiro atoms. The zero-order valence-corrected chi connectivity index (χ0v) is 10.6. The number of rotatable bonds is 3. The van der Waals surface area contributed by atoms with Crippen LogP contribution in [-0.4, -0.2) is 41.9 Å². The molecular weight excluding hydrogens is 203 g/mol. The van der Waals surface area contributed by atoms with Crippen LogP contribution in [0.3, 0.4) is 0 Å². The second-order valence-electron chi connectivity index (χ2n) is 5.17. The lowest BCUT2D eigenvalue weighted by Crippen LogP contribution is -2.59. The molecule has 16 heavy (non-hydrogen) atoms. The van der Waals surface area contributed by atoms with E-state index in [1.54, 1.807) is 0 Å². The SMILES string of the molecule is CCC(F)(N1CCCCC1)N1CCCCC1. The minimum Gasteiger partial charge on any atom is -0.259 e. The van der Waals surface area contributed by atoms with Gasteiger partial charge in [-0.25, -0.2) is 4.39 Å². The quantitative estimate of drug-likeness (QED) is 0.685. The molecule has 2 aliphatic heterocycles. The van der Waals surface area contributed by atoms with Crippen LogP contribution in [0.5, 0.6) is 0 Å². The van der Waals surface area contributed by atoms with E-state index < -0.39 is 5.92 Å². The summed E-state index contributed by atoms with van der Waals surface area (Å²) in [7, 11) is 0. The Morgan fingerprint density at radius 3 is 1.50 bits per heavy atom. The van der Waals surface area contributed by atoms with Gasteiger partial charge in [0.05, 0.1) is 0 Å². The highest BCUT2D eigenvalue weighted by Crippen LogP contribution is 2.31. The van der Waals surface area contributed by atoms with Gasteiger partial charge in [-0.15, -0.1) is 0 Å². The van der Waals surface area contributed by atoms with Crippen LogP contribution in [0.4, 0.5) is 4.39 Å². The van der Waals surface area contributed by atoms with Crippen LogP contribution in [0, 0.1) is 0 Å². The molecule has 2 heterocycles. The molecule has 2 rings (SSSR count). The maximum atomic E-state index is 15.1. The Morgan fingerprint density at radius 2 is 1.19 bits per heavy atom. The standard InChI is InChI=1S/C13H25FN2/c1-2-13(14,15-9-5-3-6-10-15)16-11-7-4-8-12-16/h2-12H2,1H3. The van der Waals surface area contributed by atoms with Gasteiger partial charge in [0, 0.05) is 32.6 Å². The van der Waals surface area contributed by atoms with Crippen molar-refractivity contribution in [2.45, 2.75) is 57.8 Å². The van der Waals surface area contributed by atoms with Crippen LogP contribution < -0.4 is 0 Å². The Kier molecular flexibility index (Phi) is 4.20. The van der Waals surface area contributed by atoms with E-state index in [1.807, 2.05) is 6.92 Å². The Bertz CT molecular complexity index is 190. The summed E-state index contributed by atoms with van der Waals surface area (Å²) in [4.78, 5) is 4.17. The normalized spacial score (nSPS) is 25.9. The highest BCUT2D eigenvalue weighted by Gasteiger charge is 2.41. The van der Waals surface area contributed by atoms with Gasteiger partial charge in [0.1, 0.15) is 0 Å². The lowest BCUT2D eigenvalue weighted by molar-refractivity contribution is -0.173. The summed E-state index contributed by atoms with van der Waals surface area (Å²) in [5, 5.41) is 0. The average molecular weight is 228 g/mol. The maximum absolute atomic E-state index is 15.1. The van der Waals surface area contributed by atoms with E-state index >= 15 is 4.39 Å². The van der Waals surface area contributed by atoms with Crippen molar-refractivity contribution in [1.29, 1.82) is 0 Å². The van der Waals surface area contributed by atoms with Crippen molar-refractivity contribution >= 4 is 0 Å². The monoisotopic (exact) mass is 228 g/mol. The average Bonchev–Trinajstić information content (AvgIpc) is 2.40. The maximum Gasteiger partial charge on any atom is 0.220 e. The van der Waals surface area contributed by atoms with E-state index in [0.717, 1.165) is 26.2 Å². The van der Waals surface area contributed by atoms with Crippen molar-refractivity contribution in [2.24, 2.45) is 0 Å². The summed E-state index contributed by atoms with van der Waals surface area (Å²) in [6, 6.07) is 0. The fourth-order valence-corrected chi connectivity index (χ4v) is 3.12. The highest BCUT2D eigenvalue weighted by molar-refractivity contribution is 4.83. The Balaban J connectivity index is 2.03. The molecule has 0 aromatic carbocycles. The van der Waals surface area contributed by atoms with Gasteiger partial charge in [-0.3, -0.25) is 9.80 Å². The van der Waals surface area contributed by atoms with Gasteiger partial charge in [0.15, 0.2) is 0 Å².